The van der Waals surface area contributed by atoms with Crippen LogP contribution in [-0.2, 0) is 16.3 Å². The lowest BCUT2D eigenvalue weighted by atomic mass is 9.90. The zero-order valence-electron chi connectivity index (χ0n) is 12.3. The van der Waals surface area contributed by atoms with Gasteiger partial charge in [0.1, 0.15) is 9.84 Å². The highest BCUT2D eigenvalue weighted by Crippen LogP contribution is 2.21. The maximum atomic E-state index is 11.1. The molecule has 0 bridgehead atoms. The molecule has 1 aromatic rings. The van der Waals surface area contributed by atoms with E-state index in [0.717, 1.165) is 32.0 Å². The molecule has 0 aliphatic carbocycles. The molecule has 0 saturated carbocycles. The van der Waals surface area contributed by atoms with E-state index in [9.17, 15) is 8.42 Å². The number of likely N-dealkylation sites (tertiary alicyclic amines) is 1. The number of sulfone groups is 1. The van der Waals surface area contributed by atoms with Crippen LogP contribution in [0.5, 0.6) is 0 Å². The van der Waals surface area contributed by atoms with Gasteiger partial charge in [0, 0.05) is 6.26 Å². The van der Waals surface area contributed by atoms with E-state index in [-0.39, 0.29) is 0 Å². The highest BCUT2D eigenvalue weighted by Gasteiger charge is 2.19. The molecule has 2 rings (SSSR count). The maximum Gasteiger partial charge on any atom is 0.147 e. The van der Waals surface area contributed by atoms with Crippen LogP contribution < -0.4 is 0 Å². The van der Waals surface area contributed by atoms with Crippen molar-refractivity contribution >= 4 is 9.84 Å². The van der Waals surface area contributed by atoms with Crippen molar-refractivity contribution < 1.29 is 8.42 Å². The van der Waals surface area contributed by atoms with E-state index in [0.29, 0.717) is 5.75 Å². The molecule has 1 fully saturated rings. The monoisotopic (exact) mass is 295 g/mol. The zero-order valence-corrected chi connectivity index (χ0v) is 13.1. The van der Waals surface area contributed by atoms with E-state index in [1.54, 1.807) is 0 Å². The topological polar surface area (TPSA) is 37.4 Å². The lowest BCUT2D eigenvalue weighted by Gasteiger charge is -2.32. The second-order valence-corrected chi connectivity index (χ2v) is 8.22. The third kappa shape index (κ3) is 5.63. The first-order valence-corrected chi connectivity index (χ1v) is 9.53. The SMILES string of the molecule is CS(=O)(=O)CCCN1CCC(Cc2ccccc2)CC1. The van der Waals surface area contributed by atoms with Gasteiger partial charge in [0.25, 0.3) is 0 Å². The van der Waals surface area contributed by atoms with Crippen LogP contribution in [0.25, 0.3) is 0 Å². The van der Waals surface area contributed by atoms with Gasteiger partial charge >= 0.3 is 0 Å². The van der Waals surface area contributed by atoms with E-state index in [4.69, 9.17) is 0 Å². The van der Waals surface area contributed by atoms with Crippen LogP contribution in [0, 0.1) is 5.92 Å². The summed E-state index contributed by atoms with van der Waals surface area (Å²) in [4.78, 5) is 2.41. The van der Waals surface area contributed by atoms with E-state index in [1.807, 2.05) is 0 Å². The Hall–Kier alpha value is -0.870. The molecule has 1 aliphatic rings. The van der Waals surface area contributed by atoms with Gasteiger partial charge < -0.3 is 4.90 Å². The Morgan fingerprint density at radius 3 is 2.40 bits per heavy atom. The molecule has 0 N–H and O–H groups in total. The first kappa shape index (κ1) is 15.5. The summed E-state index contributed by atoms with van der Waals surface area (Å²) >= 11 is 0. The zero-order chi connectivity index (χ0) is 14.4. The van der Waals surface area contributed by atoms with Gasteiger partial charge in [0.15, 0.2) is 0 Å². The molecule has 0 radical (unpaired) electrons. The van der Waals surface area contributed by atoms with Gasteiger partial charge in [-0.1, -0.05) is 30.3 Å². The predicted octanol–water partition coefficient (Wildman–Crippen LogP) is 2.38. The minimum atomic E-state index is -2.80. The third-order valence-corrected chi connectivity index (χ3v) is 5.09. The van der Waals surface area contributed by atoms with Crippen molar-refractivity contribution in [3.05, 3.63) is 35.9 Å². The molecule has 0 amide bonds. The van der Waals surface area contributed by atoms with Gasteiger partial charge in [-0.3, -0.25) is 0 Å². The van der Waals surface area contributed by atoms with Crippen LogP contribution >= 0.6 is 0 Å². The summed E-state index contributed by atoms with van der Waals surface area (Å²) < 4.78 is 22.2. The number of rotatable bonds is 6. The van der Waals surface area contributed by atoms with Crippen LogP contribution in [0.15, 0.2) is 30.3 Å². The first-order valence-electron chi connectivity index (χ1n) is 7.47. The van der Waals surface area contributed by atoms with Crippen LogP contribution in [0.4, 0.5) is 0 Å². The fourth-order valence-corrected chi connectivity index (χ4v) is 3.57. The highest BCUT2D eigenvalue weighted by atomic mass is 32.2. The first-order chi connectivity index (χ1) is 9.53. The van der Waals surface area contributed by atoms with Crippen molar-refractivity contribution in [3.8, 4) is 0 Å². The second kappa shape index (κ2) is 7.23. The summed E-state index contributed by atoms with van der Waals surface area (Å²) in [5.41, 5.74) is 1.43. The van der Waals surface area contributed by atoms with Crippen molar-refractivity contribution in [1.29, 1.82) is 0 Å². The predicted molar refractivity (Wildman–Crippen MR) is 83.6 cm³/mol. The Bertz CT molecular complexity index is 490. The molecule has 1 aromatic carbocycles. The second-order valence-electron chi connectivity index (χ2n) is 5.96. The van der Waals surface area contributed by atoms with Gasteiger partial charge in [-0.2, -0.15) is 0 Å². The minimum absolute atomic E-state index is 0.316. The van der Waals surface area contributed by atoms with Crippen LogP contribution in [0.3, 0.4) is 0 Å². The minimum Gasteiger partial charge on any atom is -0.303 e. The molecular formula is C16H25NO2S. The average Bonchev–Trinajstić information content (AvgIpc) is 2.41. The normalized spacial score (nSPS) is 18.2. The molecule has 0 unspecified atom stereocenters. The molecule has 1 heterocycles. The van der Waals surface area contributed by atoms with Crippen molar-refractivity contribution in [3.63, 3.8) is 0 Å². The van der Waals surface area contributed by atoms with Crippen LogP contribution in [-0.4, -0.2) is 45.0 Å². The number of benzene rings is 1. The molecular weight excluding hydrogens is 270 g/mol. The summed E-state index contributed by atoms with van der Waals surface area (Å²) in [6.07, 6.45) is 5.72. The summed E-state index contributed by atoms with van der Waals surface area (Å²) in [6, 6.07) is 10.7. The van der Waals surface area contributed by atoms with E-state index in [1.165, 1.54) is 31.1 Å². The lowest BCUT2D eigenvalue weighted by molar-refractivity contribution is 0.184. The maximum absolute atomic E-state index is 11.1. The van der Waals surface area contributed by atoms with E-state index in [2.05, 4.69) is 35.2 Å². The van der Waals surface area contributed by atoms with Gasteiger partial charge in [0.05, 0.1) is 5.75 Å². The van der Waals surface area contributed by atoms with Crippen molar-refractivity contribution in [2.75, 3.05) is 31.6 Å². The van der Waals surface area contributed by atoms with Gasteiger partial charge in [-0.25, -0.2) is 8.42 Å². The molecule has 0 atom stereocenters. The van der Waals surface area contributed by atoms with E-state index >= 15 is 0 Å². The summed E-state index contributed by atoms with van der Waals surface area (Å²) in [6.45, 7) is 3.15. The third-order valence-electron chi connectivity index (χ3n) is 4.06. The molecule has 1 saturated heterocycles. The Balaban J connectivity index is 1.67. The molecule has 4 heteroatoms. The smallest absolute Gasteiger partial charge is 0.147 e. The summed E-state index contributed by atoms with van der Waals surface area (Å²) in [5.74, 6) is 1.10. The number of nitrogens with zero attached hydrogens (tertiary/aromatic N) is 1. The van der Waals surface area contributed by atoms with Crippen LogP contribution in [0.2, 0.25) is 0 Å². The average molecular weight is 295 g/mol. The van der Waals surface area contributed by atoms with Crippen molar-refractivity contribution in [2.24, 2.45) is 5.92 Å². The standard InChI is InChI=1S/C16H25NO2S/c1-20(18,19)13-5-10-17-11-8-16(9-12-17)14-15-6-3-2-4-7-15/h2-4,6-7,16H,5,8-14H2,1H3. The summed E-state index contributed by atoms with van der Waals surface area (Å²) in [7, 11) is -2.80. The Labute approximate surface area is 122 Å². The van der Waals surface area contributed by atoms with Gasteiger partial charge in [0.2, 0.25) is 0 Å². The number of hydrogen-bond donors (Lipinski definition) is 0. The quantitative estimate of drug-likeness (QED) is 0.808. The van der Waals surface area contributed by atoms with Crippen molar-refractivity contribution in [2.45, 2.75) is 25.7 Å². The molecule has 112 valence electrons. The number of piperidine rings is 1. The van der Waals surface area contributed by atoms with Gasteiger partial charge in [-0.15, -0.1) is 0 Å². The number of hydrogen-bond acceptors (Lipinski definition) is 3. The van der Waals surface area contributed by atoms with Crippen molar-refractivity contribution in [1.82, 2.24) is 4.90 Å². The Morgan fingerprint density at radius 2 is 1.80 bits per heavy atom. The van der Waals surface area contributed by atoms with E-state index < -0.39 is 9.84 Å². The van der Waals surface area contributed by atoms with Crippen LogP contribution in [0.1, 0.15) is 24.8 Å². The fourth-order valence-electron chi connectivity index (χ4n) is 2.91. The fraction of sp³-hybridized carbons (Fsp3) is 0.625. The molecule has 20 heavy (non-hydrogen) atoms. The highest BCUT2D eigenvalue weighted by molar-refractivity contribution is 7.90. The van der Waals surface area contributed by atoms with Gasteiger partial charge in [-0.05, 0) is 56.8 Å². The molecule has 0 spiro atoms. The molecule has 0 aromatic heterocycles. The lowest BCUT2D eigenvalue weighted by Crippen LogP contribution is -2.35. The largest absolute Gasteiger partial charge is 0.303 e. The summed E-state index contributed by atoms with van der Waals surface area (Å²) in [5, 5.41) is 0. The molecule has 3 nitrogen and oxygen atoms in total. The Morgan fingerprint density at radius 1 is 1.15 bits per heavy atom. The molecule has 1 aliphatic heterocycles. The Kier molecular flexibility index (Phi) is 5.61.